The van der Waals surface area contributed by atoms with Crippen LogP contribution in [0, 0.1) is 19.3 Å². The minimum atomic E-state index is -1.78. The zero-order chi connectivity index (χ0) is 43.0. The minimum absolute atomic E-state index is 0.00797. The molecule has 0 fully saturated rings. The minimum Gasteiger partial charge on any atom is -0.463 e. The first-order chi connectivity index (χ1) is 27.2. The van der Waals surface area contributed by atoms with E-state index in [1.54, 1.807) is 0 Å². The van der Waals surface area contributed by atoms with Crippen molar-refractivity contribution in [1.29, 1.82) is 0 Å². The number of hydrogen-bond acceptors (Lipinski definition) is 4. The molecule has 296 valence electrons. The second kappa shape index (κ2) is 12.5. The van der Waals surface area contributed by atoms with Crippen LogP contribution < -0.4 is 4.74 Å². The molecule has 2 atom stereocenters. The number of hydrogen-bond donors (Lipinski definition) is 0. The van der Waals surface area contributed by atoms with Crippen LogP contribution in [-0.2, 0) is 33.0 Å². The van der Waals surface area contributed by atoms with Crippen LogP contribution in [0.5, 0.6) is 11.5 Å². The Balaban J connectivity index is 1.28. The van der Waals surface area contributed by atoms with E-state index in [1.165, 1.54) is 16.5 Å². The molecule has 0 saturated carbocycles. The van der Waals surface area contributed by atoms with Crippen LogP contribution in [0.2, 0.25) is 0 Å². The quantitative estimate of drug-likeness (QED) is 0.180. The molecule has 4 aromatic carbocycles. The molecular weight excluding hydrogens is 699 g/mol. The average molecular weight is 762 g/mol. The van der Waals surface area contributed by atoms with E-state index < -0.39 is 22.9 Å². The molecular formula is C52H61N3O2. The van der Waals surface area contributed by atoms with Gasteiger partial charge in [-0.05, 0) is 125 Å². The largest absolute Gasteiger partial charge is 0.463 e. The number of rotatable bonds is 4. The van der Waals surface area contributed by atoms with Crippen molar-refractivity contribution in [2.75, 3.05) is 0 Å². The van der Waals surface area contributed by atoms with E-state index >= 15 is 0 Å². The monoisotopic (exact) mass is 761 g/mol. The summed E-state index contributed by atoms with van der Waals surface area (Å²) in [5.41, 5.74) is 7.09. The van der Waals surface area contributed by atoms with Gasteiger partial charge in [0.05, 0.1) is 11.0 Å². The van der Waals surface area contributed by atoms with Crippen molar-refractivity contribution in [3.8, 4) is 17.3 Å². The maximum absolute atomic E-state index is 9.67. The van der Waals surface area contributed by atoms with Gasteiger partial charge in [-0.15, -0.1) is 0 Å². The molecule has 0 radical (unpaired) electrons. The molecule has 0 bridgehead atoms. The lowest BCUT2D eigenvalue weighted by atomic mass is 9.65. The normalized spacial score (nSPS) is 21.2. The molecule has 6 aromatic rings. The molecule has 8 rings (SSSR count). The van der Waals surface area contributed by atoms with Crippen molar-refractivity contribution < 1.29 is 12.2 Å². The third kappa shape index (κ3) is 6.28. The van der Waals surface area contributed by atoms with E-state index in [9.17, 15) is 2.74 Å². The van der Waals surface area contributed by atoms with E-state index in [1.807, 2.05) is 32.2 Å². The van der Waals surface area contributed by atoms with E-state index in [2.05, 4.69) is 161 Å². The Morgan fingerprint density at radius 1 is 0.667 bits per heavy atom. The fourth-order valence-corrected chi connectivity index (χ4v) is 9.00. The maximum atomic E-state index is 9.67. The summed E-state index contributed by atoms with van der Waals surface area (Å²) >= 11 is 0. The standard InChI is InChI=1S/C52H61N3O2/c1-31-22-34-30-51(15)52(50(12,13)14,42(34)23-32(31)2)57-46(54-51)33-24-37(49(9,10)11)26-39(25-33)56-38-17-18-40-41-27-35(47(3,4)5)16-19-43(41)55(44(40)29-38)45-28-36(20-21-53-45)48(6,7)8/h16-29H,30H2,1-15H3/t51-,52-/m1/s1/i30D2. The summed E-state index contributed by atoms with van der Waals surface area (Å²) in [6.07, 6.45) is 0.134. The topological polar surface area (TPSA) is 48.6 Å². The number of aryl methyl sites for hydroxylation is 2. The summed E-state index contributed by atoms with van der Waals surface area (Å²) in [6, 6.07) is 27.8. The Kier molecular flexibility index (Phi) is 8.02. The molecule has 3 heterocycles. The van der Waals surface area contributed by atoms with Gasteiger partial charge in [0.15, 0.2) is 5.60 Å². The molecule has 1 aliphatic heterocycles. The van der Waals surface area contributed by atoms with Crippen molar-refractivity contribution in [3.63, 3.8) is 0 Å². The maximum Gasteiger partial charge on any atom is 0.217 e. The van der Waals surface area contributed by atoms with Crippen LogP contribution >= 0.6 is 0 Å². The Morgan fingerprint density at radius 2 is 1.33 bits per heavy atom. The van der Waals surface area contributed by atoms with Crippen LogP contribution in [0.15, 0.2) is 90.1 Å². The van der Waals surface area contributed by atoms with Crippen molar-refractivity contribution in [2.24, 2.45) is 10.4 Å². The highest BCUT2D eigenvalue weighted by Crippen LogP contribution is 2.61. The highest BCUT2D eigenvalue weighted by molar-refractivity contribution is 6.10. The fraction of sp³-hybridized carbons (Fsp3) is 0.423. The Bertz CT molecular complexity index is 2730. The molecule has 1 aliphatic carbocycles. The molecule has 0 saturated heterocycles. The lowest BCUT2D eigenvalue weighted by molar-refractivity contribution is -0.0724. The predicted molar refractivity (Wildman–Crippen MR) is 238 cm³/mol. The van der Waals surface area contributed by atoms with Gasteiger partial charge in [-0.3, -0.25) is 4.57 Å². The van der Waals surface area contributed by atoms with Crippen molar-refractivity contribution >= 4 is 27.7 Å². The van der Waals surface area contributed by atoms with E-state index in [0.29, 0.717) is 23.0 Å². The average Bonchev–Trinajstić information content (AvgIpc) is 3.68. The van der Waals surface area contributed by atoms with Crippen molar-refractivity contribution in [2.45, 2.75) is 138 Å². The highest BCUT2D eigenvalue weighted by atomic mass is 16.5. The molecule has 5 heteroatoms. The number of aromatic nitrogens is 2. The van der Waals surface area contributed by atoms with Gasteiger partial charge in [0, 0.05) is 48.7 Å². The van der Waals surface area contributed by atoms with Crippen molar-refractivity contribution in [1.82, 2.24) is 9.55 Å². The second-order valence-corrected chi connectivity index (χ2v) is 20.9. The van der Waals surface area contributed by atoms with Crippen LogP contribution in [0.3, 0.4) is 0 Å². The predicted octanol–water partition coefficient (Wildman–Crippen LogP) is 13.5. The molecule has 2 aliphatic rings. The lowest BCUT2D eigenvalue weighted by Gasteiger charge is -2.46. The molecule has 57 heavy (non-hydrogen) atoms. The second-order valence-electron chi connectivity index (χ2n) is 20.9. The third-order valence-corrected chi connectivity index (χ3v) is 12.4. The van der Waals surface area contributed by atoms with Crippen LogP contribution in [0.1, 0.15) is 137 Å². The zero-order valence-electron chi connectivity index (χ0n) is 38.7. The van der Waals surface area contributed by atoms with Crippen LogP contribution in [0.25, 0.3) is 27.6 Å². The molecule has 0 spiro atoms. The summed E-state index contributed by atoms with van der Waals surface area (Å²) < 4.78 is 35.7. The zero-order valence-corrected chi connectivity index (χ0v) is 36.7. The molecule has 5 nitrogen and oxygen atoms in total. The molecule has 0 N–H and O–H groups in total. The molecule has 0 amide bonds. The van der Waals surface area contributed by atoms with Gasteiger partial charge < -0.3 is 9.47 Å². The van der Waals surface area contributed by atoms with E-state index in [4.69, 9.17) is 19.5 Å². The number of fused-ring (bicyclic) bond motifs is 6. The van der Waals surface area contributed by atoms with Gasteiger partial charge in [-0.2, -0.15) is 0 Å². The lowest BCUT2D eigenvalue weighted by Crippen LogP contribution is -2.52. The first-order valence-electron chi connectivity index (χ1n) is 21.5. The number of ether oxygens (including phenoxy) is 2. The van der Waals surface area contributed by atoms with Gasteiger partial charge >= 0.3 is 0 Å². The van der Waals surface area contributed by atoms with Gasteiger partial charge in [-0.1, -0.05) is 101 Å². The Labute approximate surface area is 343 Å². The van der Waals surface area contributed by atoms with E-state index in [-0.39, 0.29) is 16.2 Å². The number of aliphatic imine (C=N–C) groups is 1. The highest BCUT2D eigenvalue weighted by Gasteiger charge is 2.67. The van der Waals surface area contributed by atoms with Gasteiger partial charge in [0.2, 0.25) is 5.90 Å². The number of pyridine rings is 1. The van der Waals surface area contributed by atoms with Gasteiger partial charge in [-0.25, -0.2) is 9.98 Å². The van der Waals surface area contributed by atoms with Crippen molar-refractivity contribution in [3.05, 3.63) is 130 Å². The summed E-state index contributed by atoms with van der Waals surface area (Å²) in [5.74, 6) is 2.65. The summed E-state index contributed by atoms with van der Waals surface area (Å²) in [5, 5.41) is 2.31. The first kappa shape index (κ1) is 36.4. The summed E-state index contributed by atoms with van der Waals surface area (Å²) in [6.45, 7) is 32.5. The van der Waals surface area contributed by atoms with Crippen LogP contribution in [0.4, 0.5) is 0 Å². The van der Waals surface area contributed by atoms with Gasteiger partial charge in [0.1, 0.15) is 22.9 Å². The Hall–Kier alpha value is -4.90. The molecule has 0 unspecified atom stereocenters. The van der Waals surface area contributed by atoms with Crippen LogP contribution in [-0.4, -0.2) is 21.0 Å². The number of nitrogens with zero attached hydrogens (tertiary/aromatic N) is 3. The SMILES string of the molecule is [2H]C1([2H])c2cc(C)c(C)cc2[C@]2(C(C)(C)C)OC(c3cc(Oc4ccc5c6cc(C(C)(C)C)ccc6n(-c6cc(C(C)(C)C)ccn6)c5c4)cc(C(C)(C)C)c3)=N[C@]12C. The summed E-state index contributed by atoms with van der Waals surface area (Å²) in [4.78, 5) is 10.2. The third-order valence-electron chi connectivity index (χ3n) is 12.4. The molecule has 2 aromatic heterocycles. The number of benzene rings is 4. The summed E-state index contributed by atoms with van der Waals surface area (Å²) in [7, 11) is 0. The Morgan fingerprint density at radius 3 is 2.00 bits per heavy atom. The van der Waals surface area contributed by atoms with Gasteiger partial charge in [0.25, 0.3) is 0 Å². The van der Waals surface area contributed by atoms with E-state index in [0.717, 1.165) is 50.1 Å². The smallest absolute Gasteiger partial charge is 0.217 e. The fourth-order valence-electron chi connectivity index (χ4n) is 9.00. The first-order valence-corrected chi connectivity index (χ1v) is 20.5.